The summed E-state index contributed by atoms with van der Waals surface area (Å²) in [5.74, 6) is -5.96. The van der Waals surface area contributed by atoms with Crippen molar-refractivity contribution < 1.29 is 72.8 Å². The zero-order chi connectivity index (χ0) is 43.4. The SMILES string of the molecule is COc1cccc2c1C(=O)c1c(O)c3c(c(O)c1C2=O)C[C@@](O)(C(C)=O)C[C@@H]3O[C@H]1C[C@H](OC(=O)c2ccc([N+](=O)[O-])cc2)[C@H](OC(=O)c2ccc([N+](=O)[O-])cc2)[C@@H](C)O1. The Labute approximate surface area is 338 Å². The van der Waals surface area contributed by atoms with E-state index in [-0.39, 0.29) is 50.5 Å². The number of Topliss-reactive ketones (excluding diaryl/α,β-unsaturated/α-hetero) is 1. The number of nitrogens with zero attached hydrogens (tertiary/aromatic N) is 2. The summed E-state index contributed by atoms with van der Waals surface area (Å²) < 4.78 is 29.2. The number of aromatic hydroxyl groups is 2. The summed E-state index contributed by atoms with van der Waals surface area (Å²) in [7, 11) is 1.28. The van der Waals surface area contributed by atoms with E-state index < -0.39 is 117 Å². The molecule has 1 aliphatic heterocycles. The number of non-ortho nitro benzene ring substituents is 2. The van der Waals surface area contributed by atoms with Gasteiger partial charge in [0.15, 0.2) is 24.0 Å². The van der Waals surface area contributed by atoms with Gasteiger partial charge in [0.25, 0.3) is 11.4 Å². The maximum atomic E-state index is 14.0. The van der Waals surface area contributed by atoms with Gasteiger partial charge in [0, 0.05) is 60.2 Å². The number of ketones is 3. The number of aliphatic hydroxyl groups is 1. The summed E-state index contributed by atoms with van der Waals surface area (Å²) >= 11 is 0. The molecule has 4 aromatic carbocycles. The van der Waals surface area contributed by atoms with Crippen LogP contribution in [0.15, 0.2) is 66.7 Å². The monoisotopic (exact) mass is 826 g/mol. The number of methoxy groups -OCH3 is 1. The minimum Gasteiger partial charge on any atom is -0.507 e. The van der Waals surface area contributed by atoms with E-state index in [1.807, 2.05) is 0 Å². The number of hydrogen-bond acceptors (Lipinski definition) is 17. The number of phenols is 2. The Morgan fingerprint density at radius 3 is 1.93 bits per heavy atom. The van der Waals surface area contributed by atoms with Crippen LogP contribution >= 0.6 is 0 Å². The topological polar surface area (TPSA) is 278 Å². The molecule has 19 heteroatoms. The lowest BCUT2D eigenvalue weighted by atomic mass is 9.72. The molecular weight excluding hydrogens is 792 g/mol. The molecule has 0 saturated carbocycles. The molecule has 19 nitrogen and oxygen atoms in total. The number of rotatable bonds is 10. The normalized spacial score (nSPS) is 23.0. The van der Waals surface area contributed by atoms with Crippen LogP contribution < -0.4 is 4.74 Å². The van der Waals surface area contributed by atoms with Gasteiger partial charge in [-0.1, -0.05) is 12.1 Å². The number of carbonyl (C=O) groups excluding carboxylic acids is 5. The van der Waals surface area contributed by atoms with Crippen LogP contribution in [0.3, 0.4) is 0 Å². The van der Waals surface area contributed by atoms with Crippen molar-refractivity contribution in [2.75, 3.05) is 7.11 Å². The lowest BCUT2D eigenvalue weighted by Gasteiger charge is -2.43. The largest absolute Gasteiger partial charge is 0.507 e. The lowest BCUT2D eigenvalue weighted by Crippen LogP contribution is -2.52. The second-order valence-electron chi connectivity index (χ2n) is 14.4. The molecule has 6 atom stereocenters. The van der Waals surface area contributed by atoms with E-state index in [0.717, 1.165) is 55.5 Å². The van der Waals surface area contributed by atoms with Crippen LogP contribution in [0.25, 0.3) is 0 Å². The van der Waals surface area contributed by atoms with E-state index in [9.17, 15) is 59.5 Å². The Hall–Kier alpha value is -7.09. The van der Waals surface area contributed by atoms with Gasteiger partial charge in [-0.2, -0.15) is 0 Å². The molecule has 0 spiro atoms. The zero-order valence-corrected chi connectivity index (χ0v) is 31.8. The highest BCUT2D eigenvalue weighted by atomic mass is 16.7. The molecule has 0 aromatic heterocycles. The highest BCUT2D eigenvalue weighted by Gasteiger charge is 2.50. The predicted octanol–water partition coefficient (Wildman–Crippen LogP) is 4.61. The Morgan fingerprint density at radius 1 is 0.817 bits per heavy atom. The van der Waals surface area contributed by atoms with Gasteiger partial charge in [-0.3, -0.25) is 34.6 Å². The number of benzene rings is 4. The minimum absolute atomic E-state index is 0.0228. The van der Waals surface area contributed by atoms with Gasteiger partial charge in [-0.25, -0.2) is 9.59 Å². The molecule has 7 rings (SSSR count). The van der Waals surface area contributed by atoms with Gasteiger partial charge in [-0.05, 0) is 44.2 Å². The first-order chi connectivity index (χ1) is 28.4. The molecule has 1 fully saturated rings. The van der Waals surface area contributed by atoms with Crippen LogP contribution in [0.1, 0.15) is 96.5 Å². The van der Waals surface area contributed by atoms with Gasteiger partial charge in [0.05, 0.1) is 57.0 Å². The van der Waals surface area contributed by atoms with Crippen LogP contribution in [-0.4, -0.2) is 91.8 Å². The molecule has 0 bridgehead atoms. The Balaban J connectivity index is 1.25. The first-order valence-corrected chi connectivity index (χ1v) is 18.3. The number of carbonyl (C=O) groups is 5. The van der Waals surface area contributed by atoms with E-state index in [0.29, 0.717) is 0 Å². The van der Waals surface area contributed by atoms with Crippen molar-refractivity contribution in [3.05, 3.63) is 131 Å². The number of esters is 2. The smallest absolute Gasteiger partial charge is 0.338 e. The Kier molecular flexibility index (Phi) is 10.7. The molecule has 60 heavy (non-hydrogen) atoms. The third-order valence-corrected chi connectivity index (χ3v) is 10.8. The molecule has 0 unspecified atom stereocenters. The van der Waals surface area contributed by atoms with Crippen molar-refractivity contribution in [2.45, 2.75) is 69.4 Å². The third kappa shape index (κ3) is 7.18. The summed E-state index contributed by atoms with van der Waals surface area (Å²) in [4.78, 5) is 88.6. The van der Waals surface area contributed by atoms with Crippen molar-refractivity contribution in [2.24, 2.45) is 0 Å². The van der Waals surface area contributed by atoms with E-state index in [1.165, 1.54) is 32.2 Å². The van der Waals surface area contributed by atoms with Crippen molar-refractivity contribution >= 4 is 40.7 Å². The zero-order valence-electron chi connectivity index (χ0n) is 31.8. The fourth-order valence-electron chi connectivity index (χ4n) is 7.69. The van der Waals surface area contributed by atoms with Gasteiger partial charge >= 0.3 is 11.9 Å². The van der Waals surface area contributed by atoms with E-state index in [2.05, 4.69) is 0 Å². The first-order valence-electron chi connectivity index (χ1n) is 18.3. The van der Waals surface area contributed by atoms with Crippen LogP contribution in [0.5, 0.6) is 17.2 Å². The molecule has 4 aromatic rings. The summed E-state index contributed by atoms with van der Waals surface area (Å²) in [6, 6.07) is 13.2. The van der Waals surface area contributed by atoms with Gasteiger partial charge < -0.3 is 39.0 Å². The maximum absolute atomic E-state index is 14.0. The predicted molar refractivity (Wildman–Crippen MR) is 201 cm³/mol. The highest BCUT2D eigenvalue weighted by molar-refractivity contribution is 6.31. The standard InChI is InChI=1S/C41H34N2O17/c1-18-38(60-40(50)21-9-13-23(14-10-21)43(54)55)27(59-39(49)20-7-11-22(12-8-20)42(52)53)15-29(57-18)58-28-17-41(51,19(2)44)16-25-31(28)37(48)33-32(35(25)46)34(45)24-5-4-6-26(56-3)30(24)36(33)47/h4-14,18,27-29,38,46,48,51H,15-17H2,1-3H3/t18-,27+,28+,29+,38-,41+/m1/s1. The average Bonchev–Trinajstić information content (AvgIpc) is 3.21. The Morgan fingerprint density at radius 2 is 1.38 bits per heavy atom. The second-order valence-corrected chi connectivity index (χ2v) is 14.4. The first kappa shape index (κ1) is 41.1. The summed E-state index contributed by atoms with van der Waals surface area (Å²) in [6.45, 7) is 2.52. The minimum atomic E-state index is -2.23. The number of phenolic OH excluding ortho intramolecular Hbond substituents is 2. The van der Waals surface area contributed by atoms with Crippen LogP contribution in [0.2, 0.25) is 0 Å². The van der Waals surface area contributed by atoms with Crippen molar-refractivity contribution in [3.63, 3.8) is 0 Å². The molecule has 0 amide bonds. The third-order valence-electron chi connectivity index (χ3n) is 10.8. The Bertz CT molecular complexity index is 2500. The fourth-order valence-corrected chi connectivity index (χ4v) is 7.69. The molecule has 3 N–H and O–H groups in total. The number of nitro benzene ring substituents is 2. The summed E-state index contributed by atoms with van der Waals surface area (Å²) in [6.07, 6.45) is -8.49. The molecule has 3 aliphatic rings. The molecular formula is C41H34N2O17. The van der Waals surface area contributed by atoms with Gasteiger partial charge in [-0.15, -0.1) is 0 Å². The number of ether oxygens (including phenoxy) is 5. The van der Waals surface area contributed by atoms with Crippen molar-refractivity contribution in [1.82, 2.24) is 0 Å². The summed E-state index contributed by atoms with van der Waals surface area (Å²) in [5.41, 5.74) is -4.95. The van der Waals surface area contributed by atoms with Crippen LogP contribution in [0.4, 0.5) is 11.4 Å². The second kappa shape index (κ2) is 15.6. The average molecular weight is 827 g/mol. The number of hydrogen-bond donors (Lipinski definition) is 3. The van der Waals surface area contributed by atoms with Crippen LogP contribution in [0, 0.1) is 20.2 Å². The molecule has 2 aliphatic carbocycles. The fraction of sp³-hybridized carbons (Fsp3) is 0.293. The van der Waals surface area contributed by atoms with E-state index >= 15 is 0 Å². The maximum Gasteiger partial charge on any atom is 0.338 e. The van der Waals surface area contributed by atoms with Gasteiger partial charge in [0.2, 0.25) is 5.78 Å². The molecule has 0 radical (unpaired) electrons. The molecule has 1 heterocycles. The quantitative estimate of drug-likeness (QED) is 0.0750. The van der Waals surface area contributed by atoms with Crippen molar-refractivity contribution in [1.29, 1.82) is 0 Å². The number of fused-ring (bicyclic) bond motifs is 3. The number of nitro groups is 2. The summed E-state index contributed by atoms with van der Waals surface area (Å²) in [5, 5.41) is 57.5. The van der Waals surface area contributed by atoms with E-state index in [1.54, 1.807) is 0 Å². The molecule has 310 valence electrons. The van der Waals surface area contributed by atoms with Crippen molar-refractivity contribution in [3.8, 4) is 17.2 Å². The van der Waals surface area contributed by atoms with Crippen LogP contribution in [-0.2, 0) is 30.2 Å². The lowest BCUT2D eigenvalue weighted by molar-refractivity contribution is -0.385. The highest BCUT2D eigenvalue weighted by Crippen LogP contribution is 2.52. The molecule has 1 saturated heterocycles. The van der Waals surface area contributed by atoms with Gasteiger partial charge in [0.1, 0.15) is 29.0 Å². The van der Waals surface area contributed by atoms with E-state index in [4.69, 9.17) is 23.7 Å².